The summed E-state index contributed by atoms with van der Waals surface area (Å²) in [5.41, 5.74) is 2.48. The smallest absolute Gasteiger partial charge is 0.244 e. The zero-order chi connectivity index (χ0) is 16.5. The van der Waals surface area contributed by atoms with Gasteiger partial charge in [0.05, 0.1) is 11.9 Å². The van der Waals surface area contributed by atoms with Crippen LogP contribution < -0.4 is 5.32 Å². The van der Waals surface area contributed by atoms with Gasteiger partial charge in [-0.2, -0.15) is 5.10 Å². The lowest BCUT2D eigenvalue weighted by Crippen LogP contribution is -2.37. The molecule has 124 valence electrons. The second-order valence-corrected chi connectivity index (χ2v) is 6.34. The number of fused-ring (bicyclic) bond motifs is 1. The number of carbonyl (C=O) groups is 1. The van der Waals surface area contributed by atoms with Crippen LogP contribution in [0.4, 0.5) is 0 Å². The Kier molecular flexibility index (Phi) is 3.76. The number of amides is 1. The first-order valence-corrected chi connectivity index (χ1v) is 8.35. The van der Waals surface area contributed by atoms with Crippen LogP contribution in [0, 0.1) is 0 Å². The van der Waals surface area contributed by atoms with Gasteiger partial charge in [0.1, 0.15) is 18.0 Å². The molecule has 1 aliphatic rings. The third kappa shape index (κ3) is 2.66. The van der Waals surface area contributed by atoms with Crippen molar-refractivity contribution in [2.75, 3.05) is 0 Å². The molecule has 0 bridgehead atoms. The van der Waals surface area contributed by atoms with Crippen molar-refractivity contribution in [3.8, 4) is 11.3 Å². The molecule has 3 heterocycles. The lowest BCUT2D eigenvalue weighted by molar-refractivity contribution is -0.124. The van der Waals surface area contributed by atoms with Crippen LogP contribution in [-0.2, 0) is 4.79 Å². The summed E-state index contributed by atoms with van der Waals surface area (Å²) in [5.74, 6) is 0.0195. The van der Waals surface area contributed by atoms with E-state index in [0.29, 0.717) is 6.04 Å². The van der Waals surface area contributed by atoms with Gasteiger partial charge in [-0.25, -0.2) is 9.97 Å². The standard InChI is InChI=1S/C17H20N6O/c1-11(17(24)22-13-4-2-3-5-13)23-9-12(8-21-23)15-14-6-7-18-16(14)20-10-19-15/h6-11,13H,2-5H2,1H3,(H,22,24)(H,18,19,20). The number of carbonyl (C=O) groups excluding carboxylic acids is 1. The number of hydrogen-bond donors (Lipinski definition) is 2. The third-order valence-corrected chi connectivity index (χ3v) is 4.71. The van der Waals surface area contributed by atoms with E-state index in [1.165, 1.54) is 19.2 Å². The quantitative estimate of drug-likeness (QED) is 0.771. The molecule has 24 heavy (non-hydrogen) atoms. The van der Waals surface area contributed by atoms with Gasteiger partial charge in [0.25, 0.3) is 0 Å². The Morgan fingerprint density at radius 3 is 3.04 bits per heavy atom. The van der Waals surface area contributed by atoms with Gasteiger partial charge in [0.15, 0.2) is 0 Å². The summed E-state index contributed by atoms with van der Waals surface area (Å²) < 4.78 is 1.69. The molecule has 1 aliphatic carbocycles. The van der Waals surface area contributed by atoms with Crippen molar-refractivity contribution >= 4 is 16.9 Å². The number of rotatable bonds is 4. The molecule has 0 aromatic carbocycles. The van der Waals surface area contributed by atoms with Crippen molar-refractivity contribution < 1.29 is 4.79 Å². The summed E-state index contributed by atoms with van der Waals surface area (Å²) in [4.78, 5) is 24.1. The van der Waals surface area contributed by atoms with E-state index in [0.717, 1.165) is 35.1 Å². The monoisotopic (exact) mass is 324 g/mol. The molecule has 7 nitrogen and oxygen atoms in total. The van der Waals surface area contributed by atoms with Gasteiger partial charge in [0.2, 0.25) is 5.91 Å². The van der Waals surface area contributed by atoms with E-state index in [-0.39, 0.29) is 11.9 Å². The normalized spacial score (nSPS) is 16.5. The summed E-state index contributed by atoms with van der Waals surface area (Å²) in [7, 11) is 0. The Morgan fingerprint density at radius 1 is 1.38 bits per heavy atom. The van der Waals surface area contributed by atoms with Crippen LogP contribution in [0.5, 0.6) is 0 Å². The second kappa shape index (κ2) is 6.07. The topological polar surface area (TPSA) is 88.5 Å². The van der Waals surface area contributed by atoms with E-state index in [4.69, 9.17) is 0 Å². The molecule has 0 spiro atoms. The minimum atomic E-state index is -0.345. The Labute approximate surface area is 139 Å². The molecule has 2 N–H and O–H groups in total. The highest BCUT2D eigenvalue weighted by Crippen LogP contribution is 2.25. The van der Waals surface area contributed by atoms with Gasteiger partial charge in [-0.1, -0.05) is 12.8 Å². The molecule has 3 aromatic heterocycles. The van der Waals surface area contributed by atoms with E-state index >= 15 is 0 Å². The molecule has 0 aliphatic heterocycles. The summed E-state index contributed by atoms with van der Waals surface area (Å²) in [5, 5.41) is 8.43. The molecule has 0 radical (unpaired) electrons. The van der Waals surface area contributed by atoms with E-state index in [1.54, 1.807) is 10.9 Å². The van der Waals surface area contributed by atoms with Gasteiger partial charge in [-0.15, -0.1) is 0 Å². The fourth-order valence-electron chi connectivity index (χ4n) is 3.29. The number of aromatic nitrogens is 5. The van der Waals surface area contributed by atoms with Gasteiger partial charge in [-0.05, 0) is 25.8 Å². The summed E-state index contributed by atoms with van der Waals surface area (Å²) in [6, 6.07) is 1.91. The maximum Gasteiger partial charge on any atom is 0.244 e. The molecular formula is C17H20N6O. The highest BCUT2D eigenvalue weighted by atomic mass is 16.2. The minimum absolute atomic E-state index is 0.0195. The summed E-state index contributed by atoms with van der Waals surface area (Å²) >= 11 is 0. The fraction of sp³-hybridized carbons (Fsp3) is 0.412. The van der Waals surface area contributed by atoms with Crippen molar-refractivity contribution in [1.82, 2.24) is 30.0 Å². The molecule has 1 saturated carbocycles. The maximum atomic E-state index is 12.4. The molecule has 0 saturated heterocycles. The first-order chi connectivity index (χ1) is 11.7. The van der Waals surface area contributed by atoms with Gasteiger partial charge in [0, 0.05) is 29.4 Å². The predicted molar refractivity (Wildman–Crippen MR) is 90.2 cm³/mol. The van der Waals surface area contributed by atoms with Gasteiger partial charge < -0.3 is 10.3 Å². The Hall–Kier alpha value is -2.70. The van der Waals surface area contributed by atoms with Crippen molar-refractivity contribution in [2.45, 2.75) is 44.7 Å². The lowest BCUT2D eigenvalue weighted by Gasteiger charge is -2.16. The van der Waals surface area contributed by atoms with Crippen LogP contribution in [0.15, 0.2) is 31.0 Å². The van der Waals surface area contributed by atoms with Crippen LogP contribution >= 0.6 is 0 Å². The van der Waals surface area contributed by atoms with Crippen LogP contribution in [0.2, 0.25) is 0 Å². The predicted octanol–water partition coefficient (Wildman–Crippen LogP) is 2.44. The number of aromatic amines is 1. The van der Waals surface area contributed by atoms with Crippen molar-refractivity contribution in [2.24, 2.45) is 0 Å². The lowest BCUT2D eigenvalue weighted by atomic mass is 10.2. The zero-order valence-electron chi connectivity index (χ0n) is 13.6. The van der Waals surface area contributed by atoms with Crippen molar-refractivity contribution in [3.63, 3.8) is 0 Å². The first-order valence-electron chi connectivity index (χ1n) is 8.35. The number of nitrogens with zero attached hydrogens (tertiary/aromatic N) is 4. The SMILES string of the molecule is CC(C(=O)NC1CCCC1)n1cc(-c2ncnc3[nH]ccc23)cn1. The van der Waals surface area contributed by atoms with E-state index in [1.807, 2.05) is 25.4 Å². The summed E-state index contributed by atoms with van der Waals surface area (Å²) in [6.07, 6.45) is 11.5. The zero-order valence-corrected chi connectivity index (χ0v) is 13.6. The van der Waals surface area contributed by atoms with Gasteiger partial charge >= 0.3 is 0 Å². The average Bonchev–Trinajstić information content (AvgIpc) is 3.34. The van der Waals surface area contributed by atoms with Crippen molar-refractivity contribution in [1.29, 1.82) is 0 Å². The highest BCUT2D eigenvalue weighted by Gasteiger charge is 2.22. The Balaban J connectivity index is 1.55. The largest absolute Gasteiger partial charge is 0.352 e. The Morgan fingerprint density at radius 2 is 2.21 bits per heavy atom. The average molecular weight is 324 g/mol. The van der Waals surface area contributed by atoms with E-state index in [2.05, 4.69) is 25.4 Å². The molecule has 1 unspecified atom stereocenters. The van der Waals surface area contributed by atoms with Gasteiger partial charge in [-0.3, -0.25) is 9.48 Å². The maximum absolute atomic E-state index is 12.4. The number of hydrogen-bond acceptors (Lipinski definition) is 4. The van der Waals surface area contributed by atoms with E-state index in [9.17, 15) is 4.79 Å². The molecule has 3 aromatic rings. The third-order valence-electron chi connectivity index (χ3n) is 4.71. The Bertz CT molecular complexity index is 861. The molecule has 1 atom stereocenters. The molecule has 1 amide bonds. The molecule has 7 heteroatoms. The van der Waals surface area contributed by atoms with Crippen molar-refractivity contribution in [3.05, 3.63) is 31.0 Å². The fourth-order valence-corrected chi connectivity index (χ4v) is 3.29. The minimum Gasteiger partial charge on any atom is -0.352 e. The van der Waals surface area contributed by atoms with E-state index < -0.39 is 0 Å². The first kappa shape index (κ1) is 14.9. The summed E-state index contributed by atoms with van der Waals surface area (Å²) in [6.45, 7) is 1.87. The molecule has 4 rings (SSSR count). The molecular weight excluding hydrogens is 304 g/mol. The van der Waals surface area contributed by atoms with Crippen LogP contribution in [0.3, 0.4) is 0 Å². The highest BCUT2D eigenvalue weighted by molar-refractivity contribution is 5.90. The molecule has 1 fully saturated rings. The number of H-pyrrole nitrogens is 1. The number of nitrogens with one attached hydrogen (secondary N) is 2. The van der Waals surface area contributed by atoms with Crippen LogP contribution in [0.25, 0.3) is 22.3 Å². The second-order valence-electron chi connectivity index (χ2n) is 6.34. The van der Waals surface area contributed by atoms with Crippen LogP contribution in [-0.4, -0.2) is 36.7 Å². The van der Waals surface area contributed by atoms with Crippen LogP contribution in [0.1, 0.15) is 38.6 Å².